The fourth-order valence-electron chi connectivity index (χ4n) is 1.69. The molecule has 5 heteroatoms. The van der Waals surface area contributed by atoms with E-state index in [0.29, 0.717) is 16.4 Å². The van der Waals surface area contributed by atoms with E-state index in [1.807, 2.05) is 6.07 Å². The first-order chi connectivity index (χ1) is 9.04. The Hall–Kier alpha value is -2.20. The third-order valence-electron chi connectivity index (χ3n) is 2.56. The molecular formula is C14H13ClN2O2. The van der Waals surface area contributed by atoms with Crippen molar-refractivity contribution in [1.29, 1.82) is 0 Å². The van der Waals surface area contributed by atoms with Crippen LogP contribution in [0.1, 0.15) is 5.56 Å². The van der Waals surface area contributed by atoms with Gasteiger partial charge in [0.1, 0.15) is 5.75 Å². The normalized spacial score (nSPS) is 10.2. The number of carbonyl (C=O) groups is 1. The highest BCUT2D eigenvalue weighted by molar-refractivity contribution is 6.30. The molecule has 0 radical (unpaired) electrons. The number of carbonyl (C=O) groups excluding carboxylic acids is 1. The van der Waals surface area contributed by atoms with Gasteiger partial charge in [-0.15, -0.1) is 0 Å². The largest absolute Gasteiger partial charge is 0.508 e. The van der Waals surface area contributed by atoms with E-state index in [9.17, 15) is 9.90 Å². The lowest BCUT2D eigenvalue weighted by Gasteiger charge is -2.08. The van der Waals surface area contributed by atoms with Gasteiger partial charge in [0.15, 0.2) is 0 Å². The SMILES string of the molecule is Nc1cc(O)ccc1NC(=O)Cc1cccc(Cl)c1. The van der Waals surface area contributed by atoms with Gasteiger partial charge in [-0.25, -0.2) is 0 Å². The number of phenols is 1. The molecule has 98 valence electrons. The van der Waals surface area contributed by atoms with Crippen molar-refractivity contribution < 1.29 is 9.90 Å². The van der Waals surface area contributed by atoms with E-state index in [2.05, 4.69) is 5.32 Å². The Balaban J connectivity index is 2.05. The second-order valence-electron chi connectivity index (χ2n) is 4.13. The molecule has 0 aliphatic carbocycles. The topological polar surface area (TPSA) is 75.3 Å². The van der Waals surface area contributed by atoms with Crippen LogP contribution in [0.4, 0.5) is 11.4 Å². The van der Waals surface area contributed by atoms with Gasteiger partial charge >= 0.3 is 0 Å². The molecule has 4 nitrogen and oxygen atoms in total. The third kappa shape index (κ3) is 3.63. The molecule has 0 saturated heterocycles. The zero-order valence-electron chi connectivity index (χ0n) is 10.1. The summed E-state index contributed by atoms with van der Waals surface area (Å²) in [6, 6.07) is 11.5. The predicted molar refractivity (Wildman–Crippen MR) is 76.3 cm³/mol. The van der Waals surface area contributed by atoms with Crippen LogP contribution in [-0.2, 0) is 11.2 Å². The number of rotatable bonds is 3. The minimum atomic E-state index is -0.195. The number of halogens is 1. The number of amides is 1. The first-order valence-electron chi connectivity index (χ1n) is 5.67. The van der Waals surface area contributed by atoms with Gasteiger partial charge in [0.2, 0.25) is 5.91 Å². The van der Waals surface area contributed by atoms with Crippen molar-refractivity contribution in [3.05, 3.63) is 53.1 Å². The molecule has 2 aromatic rings. The Kier molecular flexibility index (Phi) is 3.92. The minimum Gasteiger partial charge on any atom is -0.508 e. The Morgan fingerprint density at radius 1 is 1.26 bits per heavy atom. The van der Waals surface area contributed by atoms with Crippen molar-refractivity contribution in [2.75, 3.05) is 11.1 Å². The highest BCUT2D eigenvalue weighted by Gasteiger charge is 2.07. The van der Waals surface area contributed by atoms with Gasteiger partial charge in [-0.1, -0.05) is 23.7 Å². The average molecular weight is 277 g/mol. The van der Waals surface area contributed by atoms with Crippen molar-refractivity contribution in [3.63, 3.8) is 0 Å². The molecule has 0 atom stereocenters. The van der Waals surface area contributed by atoms with Crippen LogP contribution in [0.25, 0.3) is 0 Å². The van der Waals surface area contributed by atoms with E-state index in [-0.39, 0.29) is 18.1 Å². The van der Waals surface area contributed by atoms with Gasteiger partial charge in [0.05, 0.1) is 17.8 Å². The monoisotopic (exact) mass is 276 g/mol. The number of phenolic OH excluding ortho intramolecular Hbond substituents is 1. The number of hydrogen-bond acceptors (Lipinski definition) is 3. The number of hydrogen-bond donors (Lipinski definition) is 3. The highest BCUT2D eigenvalue weighted by Crippen LogP contribution is 2.23. The average Bonchev–Trinajstić information content (AvgIpc) is 2.33. The zero-order valence-corrected chi connectivity index (χ0v) is 10.8. The van der Waals surface area contributed by atoms with Crippen molar-refractivity contribution in [3.8, 4) is 5.75 Å². The third-order valence-corrected chi connectivity index (χ3v) is 2.80. The Bertz CT molecular complexity index is 614. The molecule has 0 unspecified atom stereocenters. The molecule has 4 N–H and O–H groups in total. The maximum Gasteiger partial charge on any atom is 0.228 e. The lowest BCUT2D eigenvalue weighted by Crippen LogP contribution is -2.15. The van der Waals surface area contributed by atoms with Crippen LogP contribution in [0.5, 0.6) is 5.75 Å². The molecule has 0 aromatic heterocycles. The van der Waals surface area contributed by atoms with E-state index >= 15 is 0 Å². The molecule has 2 aromatic carbocycles. The van der Waals surface area contributed by atoms with Crippen LogP contribution in [0.2, 0.25) is 5.02 Å². The number of nitrogen functional groups attached to an aromatic ring is 1. The smallest absolute Gasteiger partial charge is 0.228 e. The fourth-order valence-corrected chi connectivity index (χ4v) is 1.90. The molecule has 0 bridgehead atoms. The van der Waals surface area contributed by atoms with Crippen LogP contribution in [0.15, 0.2) is 42.5 Å². The summed E-state index contributed by atoms with van der Waals surface area (Å²) in [5.41, 5.74) is 7.31. The number of nitrogens with two attached hydrogens (primary N) is 1. The maximum absolute atomic E-state index is 11.9. The van der Waals surface area contributed by atoms with Crippen molar-refractivity contribution in [2.45, 2.75) is 6.42 Å². The molecule has 1 amide bonds. The van der Waals surface area contributed by atoms with Gasteiger partial charge in [-0.05, 0) is 29.8 Å². The Labute approximate surface area is 115 Å². The minimum absolute atomic E-state index is 0.0605. The van der Waals surface area contributed by atoms with Crippen molar-refractivity contribution >= 4 is 28.9 Å². The van der Waals surface area contributed by atoms with Gasteiger partial charge in [0.25, 0.3) is 0 Å². The quantitative estimate of drug-likeness (QED) is 0.596. The van der Waals surface area contributed by atoms with Crippen LogP contribution < -0.4 is 11.1 Å². The maximum atomic E-state index is 11.9. The molecule has 2 rings (SSSR count). The fraction of sp³-hybridized carbons (Fsp3) is 0.0714. The number of aromatic hydroxyl groups is 1. The zero-order chi connectivity index (χ0) is 13.8. The molecule has 0 aliphatic rings. The van der Waals surface area contributed by atoms with E-state index in [4.69, 9.17) is 17.3 Å². The summed E-state index contributed by atoms with van der Waals surface area (Å²) >= 11 is 5.85. The standard InChI is InChI=1S/C14H13ClN2O2/c15-10-3-1-2-9(6-10)7-14(19)17-13-5-4-11(18)8-12(13)16/h1-6,8,18H,7,16H2,(H,17,19). The molecule has 0 aliphatic heterocycles. The van der Waals surface area contributed by atoms with Gasteiger partial charge in [0, 0.05) is 11.1 Å². The van der Waals surface area contributed by atoms with Crippen molar-refractivity contribution in [1.82, 2.24) is 0 Å². The number of anilines is 2. The van der Waals surface area contributed by atoms with Gasteiger partial charge < -0.3 is 16.2 Å². The molecule has 0 fully saturated rings. The predicted octanol–water partition coefficient (Wildman–Crippen LogP) is 2.81. The number of benzene rings is 2. The van der Waals surface area contributed by atoms with E-state index in [1.165, 1.54) is 12.1 Å². The highest BCUT2D eigenvalue weighted by atomic mass is 35.5. The van der Waals surface area contributed by atoms with Crippen LogP contribution in [0.3, 0.4) is 0 Å². The molecule has 0 saturated carbocycles. The summed E-state index contributed by atoms with van der Waals surface area (Å²) in [5, 5.41) is 12.5. The summed E-state index contributed by atoms with van der Waals surface area (Å²) in [4.78, 5) is 11.9. The summed E-state index contributed by atoms with van der Waals surface area (Å²) in [5.74, 6) is -0.134. The van der Waals surface area contributed by atoms with E-state index < -0.39 is 0 Å². The second-order valence-corrected chi connectivity index (χ2v) is 4.56. The van der Waals surface area contributed by atoms with Crippen molar-refractivity contribution in [2.24, 2.45) is 0 Å². The Morgan fingerprint density at radius 2 is 2.05 bits per heavy atom. The summed E-state index contributed by atoms with van der Waals surface area (Å²) in [7, 11) is 0. The summed E-state index contributed by atoms with van der Waals surface area (Å²) in [6.45, 7) is 0. The first kappa shape index (κ1) is 13.2. The van der Waals surface area contributed by atoms with Crippen LogP contribution >= 0.6 is 11.6 Å². The molecule has 0 heterocycles. The lowest BCUT2D eigenvalue weighted by atomic mass is 10.1. The first-order valence-corrected chi connectivity index (χ1v) is 6.05. The number of nitrogens with one attached hydrogen (secondary N) is 1. The molecule has 0 spiro atoms. The lowest BCUT2D eigenvalue weighted by molar-refractivity contribution is -0.115. The summed E-state index contributed by atoms with van der Waals surface area (Å²) < 4.78 is 0. The van der Waals surface area contributed by atoms with E-state index in [0.717, 1.165) is 5.56 Å². The van der Waals surface area contributed by atoms with Crippen LogP contribution in [-0.4, -0.2) is 11.0 Å². The second kappa shape index (κ2) is 5.63. The van der Waals surface area contributed by atoms with E-state index in [1.54, 1.807) is 24.3 Å². The molecular weight excluding hydrogens is 264 g/mol. The molecule has 19 heavy (non-hydrogen) atoms. The van der Waals surface area contributed by atoms with Gasteiger partial charge in [-0.2, -0.15) is 0 Å². The van der Waals surface area contributed by atoms with Gasteiger partial charge in [-0.3, -0.25) is 4.79 Å². The van der Waals surface area contributed by atoms with Crippen LogP contribution in [0, 0.1) is 0 Å². The Morgan fingerprint density at radius 3 is 2.74 bits per heavy atom. The summed E-state index contributed by atoms with van der Waals surface area (Å²) in [6.07, 6.45) is 0.209.